The number of hydrogen-bond donors (Lipinski definition) is 0. The van der Waals surface area contributed by atoms with Crippen LogP contribution in [0.5, 0.6) is 0 Å². The van der Waals surface area contributed by atoms with Crippen molar-refractivity contribution in [1.82, 2.24) is 29.9 Å². The molecule has 0 aliphatic heterocycles. The van der Waals surface area contributed by atoms with E-state index in [1.165, 1.54) is 0 Å². The lowest BCUT2D eigenvalue weighted by Gasteiger charge is -2.12. The summed E-state index contributed by atoms with van der Waals surface area (Å²) in [6, 6.07) is 10.2. The van der Waals surface area contributed by atoms with Crippen molar-refractivity contribution in [2.24, 2.45) is 0 Å². The number of fused-ring (bicyclic) bond motifs is 2. The van der Waals surface area contributed by atoms with Gasteiger partial charge in [0.05, 0.1) is 11.6 Å². The minimum Gasteiger partial charge on any atom is -0.256 e. The SMILES string of the molecule is CC(c1ccc2ncccc2c1)n1nnc2nccnc21. The van der Waals surface area contributed by atoms with E-state index in [0.29, 0.717) is 11.3 Å². The van der Waals surface area contributed by atoms with Gasteiger partial charge in [0.15, 0.2) is 5.65 Å². The van der Waals surface area contributed by atoms with Crippen LogP contribution >= 0.6 is 0 Å². The Morgan fingerprint density at radius 2 is 1.90 bits per heavy atom. The molecule has 3 aromatic heterocycles. The summed E-state index contributed by atoms with van der Waals surface area (Å²) >= 11 is 0. The number of hydrogen-bond acceptors (Lipinski definition) is 5. The zero-order chi connectivity index (χ0) is 14.2. The molecular formula is C15H12N6. The zero-order valence-electron chi connectivity index (χ0n) is 11.4. The summed E-state index contributed by atoms with van der Waals surface area (Å²) in [7, 11) is 0. The van der Waals surface area contributed by atoms with Crippen molar-refractivity contribution >= 4 is 22.2 Å². The second-order valence-electron chi connectivity index (χ2n) is 4.87. The molecule has 102 valence electrons. The summed E-state index contributed by atoms with van der Waals surface area (Å²) in [4.78, 5) is 12.8. The highest BCUT2D eigenvalue weighted by atomic mass is 15.5. The third-order valence-corrected chi connectivity index (χ3v) is 3.59. The predicted molar refractivity (Wildman–Crippen MR) is 78.7 cm³/mol. The lowest BCUT2D eigenvalue weighted by atomic mass is 10.1. The van der Waals surface area contributed by atoms with Crippen LogP contribution in [0.3, 0.4) is 0 Å². The molecule has 0 spiro atoms. The predicted octanol–water partition coefficient (Wildman–Crippen LogP) is 2.38. The van der Waals surface area contributed by atoms with Crippen LogP contribution in [-0.2, 0) is 0 Å². The number of aromatic nitrogens is 6. The lowest BCUT2D eigenvalue weighted by molar-refractivity contribution is 0.556. The van der Waals surface area contributed by atoms with Crippen LogP contribution in [0.15, 0.2) is 48.9 Å². The molecule has 21 heavy (non-hydrogen) atoms. The van der Waals surface area contributed by atoms with Crippen LogP contribution < -0.4 is 0 Å². The molecule has 1 aromatic carbocycles. The van der Waals surface area contributed by atoms with Crippen LogP contribution in [-0.4, -0.2) is 29.9 Å². The fraction of sp³-hybridized carbons (Fsp3) is 0.133. The fourth-order valence-corrected chi connectivity index (χ4v) is 2.44. The largest absolute Gasteiger partial charge is 0.256 e. The average Bonchev–Trinajstić information content (AvgIpc) is 2.98. The monoisotopic (exact) mass is 276 g/mol. The molecule has 0 saturated heterocycles. The van der Waals surface area contributed by atoms with E-state index in [4.69, 9.17) is 0 Å². The lowest BCUT2D eigenvalue weighted by Crippen LogP contribution is -2.09. The quantitative estimate of drug-likeness (QED) is 0.562. The van der Waals surface area contributed by atoms with Crippen LogP contribution in [0.2, 0.25) is 0 Å². The molecule has 0 N–H and O–H groups in total. The van der Waals surface area contributed by atoms with Gasteiger partial charge in [0.2, 0.25) is 5.65 Å². The molecule has 0 aliphatic carbocycles. The van der Waals surface area contributed by atoms with Gasteiger partial charge in [-0.1, -0.05) is 17.3 Å². The summed E-state index contributed by atoms with van der Waals surface area (Å²) in [6.07, 6.45) is 5.07. The maximum Gasteiger partial charge on any atom is 0.221 e. The maximum atomic E-state index is 4.34. The van der Waals surface area contributed by atoms with Gasteiger partial charge in [-0.05, 0) is 30.7 Å². The van der Waals surface area contributed by atoms with E-state index in [2.05, 4.69) is 50.4 Å². The molecular weight excluding hydrogens is 264 g/mol. The average molecular weight is 276 g/mol. The van der Waals surface area contributed by atoms with Crippen molar-refractivity contribution < 1.29 is 0 Å². The van der Waals surface area contributed by atoms with Gasteiger partial charge >= 0.3 is 0 Å². The Hall–Kier alpha value is -2.89. The van der Waals surface area contributed by atoms with Crippen molar-refractivity contribution in [2.45, 2.75) is 13.0 Å². The molecule has 0 amide bonds. The first-order chi connectivity index (χ1) is 10.3. The molecule has 6 heteroatoms. The topological polar surface area (TPSA) is 69.4 Å². The van der Waals surface area contributed by atoms with Crippen molar-refractivity contribution in [3.8, 4) is 0 Å². The molecule has 0 bridgehead atoms. The molecule has 1 unspecified atom stereocenters. The molecule has 3 heterocycles. The molecule has 4 rings (SSSR count). The normalized spacial score (nSPS) is 12.8. The van der Waals surface area contributed by atoms with E-state index in [1.54, 1.807) is 23.3 Å². The third-order valence-electron chi connectivity index (χ3n) is 3.59. The molecule has 0 aliphatic rings. The Kier molecular flexibility index (Phi) is 2.60. The fourth-order valence-electron chi connectivity index (χ4n) is 2.44. The van der Waals surface area contributed by atoms with Crippen LogP contribution in [0.4, 0.5) is 0 Å². The summed E-state index contributed by atoms with van der Waals surface area (Å²) in [5.41, 5.74) is 3.37. The summed E-state index contributed by atoms with van der Waals surface area (Å²) in [5, 5.41) is 9.34. The molecule has 1 atom stereocenters. The van der Waals surface area contributed by atoms with E-state index in [-0.39, 0.29) is 6.04 Å². The van der Waals surface area contributed by atoms with Gasteiger partial charge in [-0.25, -0.2) is 14.6 Å². The Bertz CT molecular complexity index is 929. The minimum atomic E-state index is 0.0244. The summed E-state index contributed by atoms with van der Waals surface area (Å²) < 4.78 is 1.79. The Morgan fingerprint density at radius 1 is 1.00 bits per heavy atom. The van der Waals surface area contributed by atoms with E-state index in [1.807, 2.05) is 12.1 Å². The first-order valence-corrected chi connectivity index (χ1v) is 6.69. The smallest absolute Gasteiger partial charge is 0.221 e. The number of pyridine rings is 1. The van der Waals surface area contributed by atoms with Gasteiger partial charge in [0.25, 0.3) is 0 Å². The first-order valence-electron chi connectivity index (χ1n) is 6.69. The highest BCUT2D eigenvalue weighted by Crippen LogP contribution is 2.23. The number of benzene rings is 1. The van der Waals surface area contributed by atoms with Crippen molar-refractivity contribution in [3.05, 3.63) is 54.5 Å². The maximum absolute atomic E-state index is 4.34. The van der Waals surface area contributed by atoms with Gasteiger partial charge in [0.1, 0.15) is 0 Å². The molecule has 0 radical (unpaired) electrons. The summed E-state index contributed by atoms with van der Waals surface area (Å²) in [5.74, 6) is 0. The van der Waals surface area contributed by atoms with Gasteiger partial charge in [-0.2, -0.15) is 0 Å². The van der Waals surface area contributed by atoms with Crippen molar-refractivity contribution in [2.75, 3.05) is 0 Å². The van der Waals surface area contributed by atoms with E-state index >= 15 is 0 Å². The van der Waals surface area contributed by atoms with E-state index in [0.717, 1.165) is 16.5 Å². The molecule has 0 fully saturated rings. The van der Waals surface area contributed by atoms with Gasteiger partial charge in [0, 0.05) is 24.0 Å². The minimum absolute atomic E-state index is 0.0244. The van der Waals surface area contributed by atoms with Gasteiger partial charge in [-0.15, -0.1) is 5.10 Å². The second kappa shape index (κ2) is 4.59. The Morgan fingerprint density at radius 3 is 2.86 bits per heavy atom. The number of rotatable bonds is 2. The standard InChI is InChI=1S/C15H12N6/c1-10(21-15-14(19-20-21)17-7-8-18-15)11-4-5-13-12(9-11)3-2-6-16-13/h2-10H,1H3. The second-order valence-corrected chi connectivity index (χ2v) is 4.87. The van der Waals surface area contributed by atoms with Crippen LogP contribution in [0.25, 0.3) is 22.2 Å². The van der Waals surface area contributed by atoms with Gasteiger partial charge in [-0.3, -0.25) is 4.98 Å². The molecule has 6 nitrogen and oxygen atoms in total. The van der Waals surface area contributed by atoms with E-state index < -0.39 is 0 Å². The highest BCUT2D eigenvalue weighted by Gasteiger charge is 2.15. The number of nitrogens with zero attached hydrogens (tertiary/aromatic N) is 6. The third kappa shape index (κ3) is 1.92. The Labute approximate surface area is 120 Å². The Balaban J connectivity index is 1.83. The van der Waals surface area contributed by atoms with E-state index in [9.17, 15) is 0 Å². The molecule has 0 saturated carbocycles. The first kappa shape index (κ1) is 11.9. The van der Waals surface area contributed by atoms with Gasteiger partial charge < -0.3 is 0 Å². The van der Waals surface area contributed by atoms with Crippen LogP contribution in [0.1, 0.15) is 18.5 Å². The van der Waals surface area contributed by atoms with Crippen molar-refractivity contribution in [3.63, 3.8) is 0 Å². The zero-order valence-corrected chi connectivity index (χ0v) is 11.4. The van der Waals surface area contributed by atoms with Crippen molar-refractivity contribution in [1.29, 1.82) is 0 Å². The summed E-state index contributed by atoms with van der Waals surface area (Å²) in [6.45, 7) is 2.07. The molecule has 4 aromatic rings. The van der Waals surface area contributed by atoms with Crippen LogP contribution in [0, 0.1) is 0 Å². The highest BCUT2D eigenvalue weighted by molar-refractivity contribution is 5.79.